The first kappa shape index (κ1) is 7.32. The van der Waals surface area contributed by atoms with Crippen LogP contribution in [0.4, 0.5) is 0 Å². The lowest BCUT2D eigenvalue weighted by molar-refractivity contribution is 0.599. The Morgan fingerprint density at radius 3 is 2.90 bits per heavy atom. The number of nitrogens with zero attached hydrogens (tertiary/aromatic N) is 2. The van der Waals surface area contributed by atoms with Gasteiger partial charge in [0.1, 0.15) is 5.84 Å². The minimum atomic E-state index is 0.614. The van der Waals surface area contributed by atoms with Crippen LogP contribution in [-0.2, 0) is 0 Å². The molecule has 1 atom stereocenters. The third-order valence-electron chi connectivity index (χ3n) is 1.99. The Morgan fingerprint density at radius 2 is 2.50 bits per heavy atom. The van der Waals surface area contributed by atoms with Crippen molar-refractivity contribution in [1.29, 1.82) is 0 Å². The van der Waals surface area contributed by atoms with E-state index in [4.69, 9.17) is 0 Å². The van der Waals surface area contributed by atoms with Gasteiger partial charge in [-0.2, -0.15) is 0 Å². The van der Waals surface area contributed by atoms with Crippen molar-refractivity contribution in [2.24, 2.45) is 10.9 Å². The van der Waals surface area contributed by atoms with Gasteiger partial charge in [0.25, 0.3) is 0 Å². The summed E-state index contributed by atoms with van der Waals surface area (Å²) in [5.74, 6) is 1.79. The summed E-state index contributed by atoms with van der Waals surface area (Å²) in [6, 6.07) is 0. The molecule has 0 N–H and O–H groups in total. The fraction of sp³-hybridized carbons (Fsp3) is 0.625. The third-order valence-corrected chi connectivity index (χ3v) is 1.99. The van der Waals surface area contributed by atoms with Crippen LogP contribution in [0.2, 0.25) is 0 Å². The fourth-order valence-electron chi connectivity index (χ4n) is 1.39. The number of amidine groups is 1. The highest BCUT2D eigenvalue weighted by atomic mass is 15.2. The molecule has 2 nitrogen and oxygen atoms in total. The molecule has 1 rings (SSSR count). The lowest BCUT2D eigenvalue weighted by Crippen LogP contribution is -2.20. The van der Waals surface area contributed by atoms with Gasteiger partial charge in [0.15, 0.2) is 0 Å². The monoisotopic (exact) mass is 138 g/mol. The maximum atomic E-state index is 4.19. The van der Waals surface area contributed by atoms with Crippen molar-refractivity contribution in [2.45, 2.75) is 13.3 Å². The summed E-state index contributed by atoms with van der Waals surface area (Å²) in [6.45, 7) is 7.00. The highest BCUT2D eigenvalue weighted by Gasteiger charge is 2.22. The van der Waals surface area contributed by atoms with Gasteiger partial charge in [-0.15, -0.1) is 0 Å². The number of hydrogen-bond donors (Lipinski definition) is 0. The van der Waals surface area contributed by atoms with Crippen LogP contribution in [0, 0.1) is 5.92 Å². The van der Waals surface area contributed by atoms with Crippen molar-refractivity contribution >= 4 is 5.84 Å². The second-order valence-electron chi connectivity index (χ2n) is 2.65. The zero-order valence-corrected chi connectivity index (χ0v) is 6.67. The molecule has 0 aromatic rings. The van der Waals surface area contributed by atoms with Gasteiger partial charge in [0, 0.05) is 19.5 Å². The van der Waals surface area contributed by atoms with E-state index in [2.05, 4.69) is 23.4 Å². The summed E-state index contributed by atoms with van der Waals surface area (Å²) < 4.78 is 0. The predicted octanol–water partition coefficient (Wildman–Crippen LogP) is 1.50. The molecule has 0 amide bonds. The normalized spacial score (nSPS) is 29.6. The number of aliphatic imine (C=N–C) groups is 1. The van der Waals surface area contributed by atoms with Crippen LogP contribution in [0.25, 0.3) is 0 Å². The molecule has 0 aromatic heterocycles. The van der Waals surface area contributed by atoms with E-state index in [1.165, 1.54) is 12.3 Å². The maximum absolute atomic E-state index is 4.19. The topological polar surface area (TPSA) is 15.6 Å². The molecular weight excluding hydrogens is 124 g/mol. The highest BCUT2D eigenvalue weighted by molar-refractivity contribution is 5.86. The maximum Gasteiger partial charge on any atom is 0.105 e. The van der Waals surface area contributed by atoms with Gasteiger partial charge in [0.05, 0.1) is 0 Å². The van der Waals surface area contributed by atoms with Crippen LogP contribution < -0.4 is 0 Å². The zero-order valence-electron chi connectivity index (χ0n) is 6.67. The predicted molar refractivity (Wildman–Crippen MR) is 44.0 cm³/mol. The molecule has 2 heteroatoms. The summed E-state index contributed by atoms with van der Waals surface area (Å²) in [4.78, 5) is 6.31. The van der Waals surface area contributed by atoms with Crippen molar-refractivity contribution in [3.8, 4) is 0 Å². The molecule has 0 saturated carbocycles. The molecule has 0 radical (unpaired) electrons. The minimum absolute atomic E-state index is 0.614. The quantitative estimate of drug-likeness (QED) is 0.536. The Hall–Kier alpha value is -0.790. The number of hydrogen-bond acceptors (Lipinski definition) is 1. The summed E-state index contributed by atoms with van der Waals surface area (Å²) in [6.07, 6.45) is 3.06. The molecule has 10 heavy (non-hydrogen) atoms. The van der Waals surface area contributed by atoms with Crippen LogP contribution in [0.15, 0.2) is 17.8 Å². The molecule has 0 bridgehead atoms. The largest absolute Gasteiger partial charge is 0.337 e. The van der Waals surface area contributed by atoms with E-state index >= 15 is 0 Å². The average molecular weight is 138 g/mol. The minimum Gasteiger partial charge on any atom is -0.337 e. The number of likely N-dealkylation sites (tertiary alicyclic amines) is 1. The first-order valence-corrected chi connectivity index (χ1v) is 3.65. The fourth-order valence-corrected chi connectivity index (χ4v) is 1.39. The van der Waals surface area contributed by atoms with Gasteiger partial charge in [-0.05, 0) is 12.6 Å². The Morgan fingerprint density at radius 1 is 1.80 bits per heavy atom. The van der Waals surface area contributed by atoms with Crippen LogP contribution in [0.1, 0.15) is 13.3 Å². The summed E-state index contributed by atoms with van der Waals surface area (Å²) in [5, 5.41) is 0. The SMILES string of the molecule is C=CN1CC[C@H](C)/C1=N/C. The van der Waals surface area contributed by atoms with E-state index in [9.17, 15) is 0 Å². The Bertz CT molecular complexity index is 161. The van der Waals surface area contributed by atoms with Crippen LogP contribution in [0.3, 0.4) is 0 Å². The molecule has 1 aliphatic rings. The van der Waals surface area contributed by atoms with Gasteiger partial charge in [-0.3, -0.25) is 4.99 Å². The van der Waals surface area contributed by atoms with E-state index in [0.29, 0.717) is 5.92 Å². The van der Waals surface area contributed by atoms with Gasteiger partial charge in [-0.1, -0.05) is 13.5 Å². The van der Waals surface area contributed by atoms with E-state index < -0.39 is 0 Å². The standard InChI is InChI=1S/C8H14N2/c1-4-10-6-5-7(2)8(10)9-3/h4,7H,1,5-6H2,2-3H3/b9-8-/t7-/m0/s1. The Kier molecular flexibility index (Phi) is 2.10. The first-order chi connectivity index (χ1) is 4.79. The van der Waals surface area contributed by atoms with Gasteiger partial charge in [0.2, 0.25) is 0 Å². The van der Waals surface area contributed by atoms with Crippen molar-refractivity contribution < 1.29 is 0 Å². The van der Waals surface area contributed by atoms with Crippen molar-refractivity contribution in [3.63, 3.8) is 0 Å². The number of rotatable bonds is 1. The Balaban J connectivity index is 2.72. The lowest BCUT2D eigenvalue weighted by Gasteiger charge is -2.12. The smallest absolute Gasteiger partial charge is 0.105 e. The average Bonchev–Trinajstić information content (AvgIpc) is 2.30. The molecule has 0 aliphatic carbocycles. The lowest BCUT2D eigenvalue weighted by atomic mass is 10.1. The highest BCUT2D eigenvalue weighted by Crippen LogP contribution is 2.17. The molecule has 0 unspecified atom stereocenters. The molecule has 1 heterocycles. The molecule has 1 fully saturated rings. The second kappa shape index (κ2) is 2.86. The third kappa shape index (κ3) is 1.06. The summed E-state index contributed by atoms with van der Waals surface area (Å²) in [7, 11) is 1.84. The molecule has 1 aliphatic heterocycles. The summed E-state index contributed by atoms with van der Waals surface area (Å²) in [5.41, 5.74) is 0. The van der Waals surface area contributed by atoms with Crippen molar-refractivity contribution in [1.82, 2.24) is 4.90 Å². The van der Waals surface area contributed by atoms with Crippen LogP contribution in [0.5, 0.6) is 0 Å². The van der Waals surface area contributed by atoms with E-state index in [-0.39, 0.29) is 0 Å². The Labute approximate surface area is 62.3 Å². The van der Waals surface area contributed by atoms with Crippen LogP contribution in [-0.4, -0.2) is 24.3 Å². The van der Waals surface area contributed by atoms with E-state index in [1.54, 1.807) is 0 Å². The molecular formula is C8H14N2. The van der Waals surface area contributed by atoms with Crippen molar-refractivity contribution in [2.75, 3.05) is 13.6 Å². The zero-order chi connectivity index (χ0) is 7.56. The van der Waals surface area contributed by atoms with Crippen LogP contribution >= 0.6 is 0 Å². The van der Waals surface area contributed by atoms with Gasteiger partial charge < -0.3 is 4.90 Å². The van der Waals surface area contributed by atoms with E-state index in [0.717, 1.165) is 6.54 Å². The molecule has 0 aromatic carbocycles. The second-order valence-corrected chi connectivity index (χ2v) is 2.65. The van der Waals surface area contributed by atoms with Crippen molar-refractivity contribution in [3.05, 3.63) is 12.8 Å². The summed E-state index contributed by atoms with van der Waals surface area (Å²) >= 11 is 0. The molecule has 1 saturated heterocycles. The molecule has 56 valence electrons. The van der Waals surface area contributed by atoms with E-state index in [1.807, 2.05) is 13.2 Å². The van der Waals surface area contributed by atoms with Gasteiger partial charge >= 0.3 is 0 Å². The first-order valence-electron chi connectivity index (χ1n) is 3.65. The van der Waals surface area contributed by atoms with Gasteiger partial charge in [-0.25, -0.2) is 0 Å². The molecule has 0 spiro atoms.